The van der Waals surface area contributed by atoms with Crippen LogP contribution < -0.4 is 15.8 Å². The monoisotopic (exact) mass is 322 g/mol. The molecule has 1 atom stereocenters. The second kappa shape index (κ2) is 7.85. The molecule has 3 N–H and O–H groups in total. The van der Waals surface area contributed by atoms with Gasteiger partial charge in [-0.1, -0.05) is 12.1 Å². The molecular weight excluding hydrogens is 296 g/mol. The average molecular weight is 322 g/mol. The number of alkyl carbamates (subject to hydrolysis) is 1. The number of primary amides is 1. The molecule has 1 rings (SSSR count). The van der Waals surface area contributed by atoms with Crippen LogP contribution in [0.15, 0.2) is 24.3 Å². The Hall–Kier alpha value is -2.24. The number of nitrogens with two attached hydrogens (primary N) is 1. The predicted molar refractivity (Wildman–Crippen MR) is 88.3 cm³/mol. The molecule has 0 aliphatic carbocycles. The maximum absolute atomic E-state index is 11.8. The summed E-state index contributed by atoms with van der Waals surface area (Å²) in [6.45, 7) is 9.14. The Morgan fingerprint density at radius 3 is 2.17 bits per heavy atom. The first kappa shape index (κ1) is 18.8. The Bertz CT molecular complexity index is 533. The second-order valence-electron chi connectivity index (χ2n) is 6.62. The topological polar surface area (TPSA) is 90.7 Å². The standard InChI is InChI=1S/C17H26N2O4/c1-11(2)22-13-8-6-12(7-9-13)10-14(15(18)20)19-16(21)23-17(3,4)5/h6-9,11,14H,10H2,1-5H3,(H2,18,20)(H,19,21)/t14-/m0/s1. The molecule has 0 spiro atoms. The van der Waals surface area contributed by atoms with Crippen molar-refractivity contribution in [3.8, 4) is 5.75 Å². The van der Waals surface area contributed by atoms with E-state index in [-0.39, 0.29) is 12.5 Å². The summed E-state index contributed by atoms with van der Waals surface area (Å²) in [6.07, 6.45) is -0.287. The summed E-state index contributed by atoms with van der Waals surface area (Å²) < 4.78 is 10.7. The quantitative estimate of drug-likeness (QED) is 0.841. The molecular formula is C17H26N2O4. The first-order valence-electron chi connectivity index (χ1n) is 7.61. The van der Waals surface area contributed by atoms with E-state index in [4.69, 9.17) is 15.2 Å². The molecule has 2 amide bonds. The molecule has 128 valence electrons. The van der Waals surface area contributed by atoms with E-state index in [2.05, 4.69) is 5.32 Å². The fourth-order valence-electron chi connectivity index (χ4n) is 1.88. The van der Waals surface area contributed by atoms with Gasteiger partial charge >= 0.3 is 6.09 Å². The predicted octanol–water partition coefficient (Wildman–Crippen LogP) is 2.39. The van der Waals surface area contributed by atoms with Gasteiger partial charge in [-0.3, -0.25) is 4.79 Å². The Labute approximate surface area is 137 Å². The zero-order valence-electron chi connectivity index (χ0n) is 14.4. The molecule has 0 aromatic heterocycles. The number of rotatable bonds is 6. The zero-order valence-corrected chi connectivity index (χ0v) is 14.4. The molecule has 0 bridgehead atoms. The summed E-state index contributed by atoms with van der Waals surface area (Å²) >= 11 is 0. The van der Waals surface area contributed by atoms with Crippen molar-refractivity contribution in [2.45, 2.75) is 58.8 Å². The summed E-state index contributed by atoms with van der Waals surface area (Å²) in [7, 11) is 0. The van der Waals surface area contributed by atoms with E-state index in [0.717, 1.165) is 11.3 Å². The molecule has 0 radical (unpaired) electrons. The number of amides is 2. The van der Waals surface area contributed by atoms with Crippen LogP contribution in [-0.2, 0) is 16.0 Å². The molecule has 0 heterocycles. The van der Waals surface area contributed by atoms with Crippen LogP contribution in [0.4, 0.5) is 4.79 Å². The van der Waals surface area contributed by atoms with Crippen LogP contribution in [0.3, 0.4) is 0 Å². The number of hydrogen-bond acceptors (Lipinski definition) is 4. The minimum atomic E-state index is -0.832. The number of benzene rings is 1. The van der Waals surface area contributed by atoms with Crippen molar-refractivity contribution in [3.63, 3.8) is 0 Å². The van der Waals surface area contributed by atoms with Gasteiger partial charge in [0.1, 0.15) is 17.4 Å². The van der Waals surface area contributed by atoms with Gasteiger partial charge in [0, 0.05) is 6.42 Å². The summed E-state index contributed by atoms with van der Waals surface area (Å²) in [4.78, 5) is 23.3. The molecule has 0 aliphatic heterocycles. The van der Waals surface area contributed by atoms with E-state index < -0.39 is 23.6 Å². The fourth-order valence-corrected chi connectivity index (χ4v) is 1.88. The van der Waals surface area contributed by atoms with Crippen LogP contribution in [0.25, 0.3) is 0 Å². The van der Waals surface area contributed by atoms with Gasteiger partial charge in [-0.2, -0.15) is 0 Å². The minimum absolute atomic E-state index is 0.0908. The normalized spacial score (nSPS) is 12.6. The Morgan fingerprint density at radius 1 is 1.17 bits per heavy atom. The number of hydrogen-bond donors (Lipinski definition) is 2. The lowest BCUT2D eigenvalue weighted by Crippen LogP contribution is -2.47. The zero-order chi connectivity index (χ0) is 17.6. The third-order valence-electron chi connectivity index (χ3n) is 2.77. The number of ether oxygens (including phenoxy) is 2. The van der Waals surface area contributed by atoms with Gasteiger partial charge in [0.05, 0.1) is 6.10 Å². The lowest BCUT2D eigenvalue weighted by atomic mass is 10.1. The van der Waals surface area contributed by atoms with Gasteiger partial charge < -0.3 is 20.5 Å². The molecule has 0 unspecified atom stereocenters. The maximum atomic E-state index is 11.8. The Kier molecular flexibility index (Phi) is 6.42. The second-order valence-corrected chi connectivity index (χ2v) is 6.62. The molecule has 0 fully saturated rings. The van der Waals surface area contributed by atoms with Crippen LogP contribution in [0.5, 0.6) is 5.75 Å². The van der Waals surface area contributed by atoms with Gasteiger partial charge in [-0.05, 0) is 52.3 Å². The SMILES string of the molecule is CC(C)Oc1ccc(C[C@H](NC(=O)OC(C)(C)C)C(N)=O)cc1. The van der Waals surface area contributed by atoms with Crippen molar-refractivity contribution >= 4 is 12.0 Å². The highest BCUT2D eigenvalue weighted by Gasteiger charge is 2.23. The third-order valence-corrected chi connectivity index (χ3v) is 2.77. The molecule has 0 saturated heterocycles. The molecule has 1 aromatic carbocycles. The molecule has 23 heavy (non-hydrogen) atoms. The van der Waals surface area contributed by atoms with E-state index in [1.54, 1.807) is 20.8 Å². The van der Waals surface area contributed by atoms with Crippen molar-refractivity contribution in [2.24, 2.45) is 5.73 Å². The smallest absolute Gasteiger partial charge is 0.408 e. The first-order chi connectivity index (χ1) is 10.6. The van der Waals surface area contributed by atoms with Crippen LogP contribution in [0, 0.1) is 0 Å². The van der Waals surface area contributed by atoms with Crippen molar-refractivity contribution < 1.29 is 19.1 Å². The fraction of sp³-hybridized carbons (Fsp3) is 0.529. The number of carbonyl (C=O) groups is 2. The van der Waals surface area contributed by atoms with Gasteiger partial charge in [0.25, 0.3) is 0 Å². The number of nitrogens with one attached hydrogen (secondary N) is 1. The van der Waals surface area contributed by atoms with Crippen LogP contribution in [0.1, 0.15) is 40.2 Å². The maximum Gasteiger partial charge on any atom is 0.408 e. The van der Waals surface area contributed by atoms with Crippen molar-refractivity contribution in [1.29, 1.82) is 0 Å². The van der Waals surface area contributed by atoms with Crippen LogP contribution in [-0.4, -0.2) is 29.7 Å². The molecule has 6 nitrogen and oxygen atoms in total. The third kappa shape index (κ3) is 7.54. The average Bonchev–Trinajstić information content (AvgIpc) is 2.37. The summed E-state index contributed by atoms with van der Waals surface area (Å²) in [5.41, 5.74) is 5.58. The van der Waals surface area contributed by atoms with E-state index in [0.29, 0.717) is 0 Å². The molecule has 0 aliphatic rings. The van der Waals surface area contributed by atoms with Crippen molar-refractivity contribution in [3.05, 3.63) is 29.8 Å². The van der Waals surface area contributed by atoms with E-state index >= 15 is 0 Å². The highest BCUT2D eigenvalue weighted by atomic mass is 16.6. The molecule has 1 aromatic rings. The van der Waals surface area contributed by atoms with Gasteiger partial charge in [-0.25, -0.2) is 4.79 Å². The van der Waals surface area contributed by atoms with Crippen molar-refractivity contribution in [2.75, 3.05) is 0 Å². The minimum Gasteiger partial charge on any atom is -0.491 e. The Morgan fingerprint density at radius 2 is 1.74 bits per heavy atom. The Balaban J connectivity index is 2.69. The molecule has 6 heteroatoms. The number of carbonyl (C=O) groups excluding carboxylic acids is 2. The van der Waals surface area contributed by atoms with Crippen molar-refractivity contribution in [1.82, 2.24) is 5.32 Å². The van der Waals surface area contributed by atoms with Crippen LogP contribution in [0.2, 0.25) is 0 Å². The van der Waals surface area contributed by atoms with Gasteiger partial charge in [0.2, 0.25) is 5.91 Å². The molecule has 0 saturated carbocycles. The van der Waals surface area contributed by atoms with Gasteiger partial charge in [-0.15, -0.1) is 0 Å². The highest BCUT2D eigenvalue weighted by molar-refractivity contribution is 5.84. The highest BCUT2D eigenvalue weighted by Crippen LogP contribution is 2.15. The van der Waals surface area contributed by atoms with Crippen LogP contribution >= 0.6 is 0 Å². The van der Waals surface area contributed by atoms with Gasteiger partial charge in [0.15, 0.2) is 0 Å². The summed E-state index contributed by atoms with van der Waals surface area (Å²) in [5.74, 6) is 0.137. The van der Waals surface area contributed by atoms with E-state index in [1.807, 2.05) is 38.1 Å². The lowest BCUT2D eigenvalue weighted by molar-refractivity contribution is -0.120. The summed E-state index contributed by atoms with van der Waals surface area (Å²) in [6, 6.07) is 6.48. The summed E-state index contributed by atoms with van der Waals surface area (Å²) in [5, 5.41) is 2.50. The van der Waals surface area contributed by atoms with E-state index in [9.17, 15) is 9.59 Å². The largest absolute Gasteiger partial charge is 0.491 e. The first-order valence-corrected chi connectivity index (χ1v) is 7.61. The lowest BCUT2D eigenvalue weighted by Gasteiger charge is -2.22. The van der Waals surface area contributed by atoms with E-state index in [1.165, 1.54) is 0 Å².